The van der Waals surface area contributed by atoms with Crippen LogP contribution in [0.25, 0.3) is 10.9 Å². The second-order valence-electron chi connectivity index (χ2n) is 7.28. The largest absolute Gasteiger partial charge is 0.497 e. The molecule has 0 unspecified atom stereocenters. The standard InChI is InChI=1S/C23H24ClN3O2/c1-16(17-5-3-6-18(15-17)29-2)26-11-13-27(14-12-26)23(28)20-8-9-21(24)19-7-4-10-25-22(19)20/h3-10,15-16H,11-14H2,1-2H3/t16-/m1/s1. The fraction of sp³-hybridized carbons (Fsp3) is 0.304. The number of methoxy groups -OCH3 is 1. The SMILES string of the molecule is COc1cccc([C@@H](C)N2CCN(C(=O)c3ccc(Cl)c4cccnc34)CC2)c1. The highest BCUT2D eigenvalue weighted by molar-refractivity contribution is 6.36. The fourth-order valence-electron chi connectivity index (χ4n) is 3.91. The summed E-state index contributed by atoms with van der Waals surface area (Å²) in [5.41, 5.74) is 2.49. The summed E-state index contributed by atoms with van der Waals surface area (Å²) < 4.78 is 5.35. The third kappa shape index (κ3) is 3.93. The van der Waals surface area contributed by atoms with Crippen LogP contribution in [0.15, 0.2) is 54.7 Å². The molecule has 5 nitrogen and oxygen atoms in total. The van der Waals surface area contributed by atoms with Gasteiger partial charge in [-0.3, -0.25) is 14.7 Å². The number of carbonyl (C=O) groups excluding carboxylic acids is 1. The Morgan fingerprint density at radius 3 is 2.66 bits per heavy atom. The molecule has 6 heteroatoms. The molecule has 0 N–H and O–H groups in total. The Bertz CT molecular complexity index is 1030. The third-order valence-corrected chi connectivity index (χ3v) is 6.00. The zero-order valence-corrected chi connectivity index (χ0v) is 17.4. The molecule has 0 saturated carbocycles. The van der Waals surface area contributed by atoms with Crippen molar-refractivity contribution in [2.45, 2.75) is 13.0 Å². The molecule has 1 fully saturated rings. The van der Waals surface area contributed by atoms with E-state index in [-0.39, 0.29) is 11.9 Å². The molecular weight excluding hydrogens is 386 g/mol. The van der Waals surface area contributed by atoms with Crippen molar-refractivity contribution in [3.8, 4) is 5.75 Å². The predicted octanol–water partition coefficient (Wildman–Crippen LogP) is 4.42. The molecule has 4 rings (SSSR count). The Labute approximate surface area is 175 Å². The Balaban J connectivity index is 1.47. The number of carbonyl (C=O) groups is 1. The Hall–Kier alpha value is -2.63. The molecule has 0 bridgehead atoms. The van der Waals surface area contributed by atoms with Crippen LogP contribution in [0.1, 0.15) is 28.9 Å². The molecule has 1 atom stereocenters. The molecule has 0 radical (unpaired) electrons. The second-order valence-corrected chi connectivity index (χ2v) is 7.68. The number of piperazine rings is 1. The van der Waals surface area contributed by atoms with Gasteiger partial charge in [-0.15, -0.1) is 0 Å². The molecule has 150 valence electrons. The summed E-state index contributed by atoms with van der Waals surface area (Å²) >= 11 is 6.27. The molecule has 1 amide bonds. The average molecular weight is 410 g/mol. The van der Waals surface area contributed by atoms with Gasteiger partial charge in [-0.2, -0.15) is 0 Å². The quantitative estimate of drug-likeness (QED) is 0.640. The number of amides is 1. The number of fused-ring (bicyclic) bond motifs is 1. The van der Waals surface area contributed by atoms with E-state index in [1.807, 2.05) is 29.2 Å². The van der Waals surface area contributed by atoms with Gasteiger partial charge in [-0.05, 0) is 48.9 Å². The van der Waals surface area contributed by atoms with Gasteiger partial charge in [-0.25, -0.2) is 0 Å². The lowest BCUT2D eigenvalue weighted by Gasteiger charge is -2.38. The van der Waals surface area contributed by atoms with Gasteiger partial charge in [0.25, 0.3) is 5.91 Å². The Morgan fingerprint density at radius 1 is 1.10 bits per heavy atom. The lowest BCUT2D eigenvalue weighted by Crippen LogP contribution is -2.49. The molecule has 0 aliphatic carbocycles. The summed E-state index contributed by atoms with van der Waals surface area (Å²) in [5, 5.41) is 1.42. The van der Waals surface area contributed by atoms with E-state index in [0.717, 1.165) is 24.2 Å². The number of pyridine rings is 1. The summed E-state index contributed by atoms with van der Waals surface area (Å²) in [6, 6.07) is 15.7. The van der Waals surface area contributed by atoms with Crippen LogP contribution in [-0.2, 0) is 0 Å². The highest BCUT2D eigenvalue weighted by Gasteiger charge is 2.26. The molecular formula is C23H24ClN3O2. The molecule has 3 aromatic rings. The van der Waals surface area contributed by atoms with E-state index in [0.29, 0.717) is 29.2 Å². The maximum atomic E-state index is 13.2. The van der Waals surface area contributed by atoms with E-state index < -0.39 is 0 Å². The van der Waals surface area contributed by atoms with Crippen molar-refractivity contribution in [3.63, 3.8) is 0 Å². The summed E-state index contributed by atoms with van der Waals surface area (Å²) in [5.74, 6) is 0.879. The number of ether oxygens (including phenoxy) is 1. The van der Waals surface area contributed by atoms with Crippen molar-refractivity contribution in [3.05, 3.63) is 70.9 Å². The second kappa shape index (κ2) is 8.39. The molecule has 0 spiro atoms. The Kier molecular flexibility index (Phi) is 5.69. The monoisotopic (exact) mass is 409 g/mol. The van der Waals surface area contributed by atoms with Crippen molar-refractivity contribution in [1.29, 1.82) is 0 Å². The van der Waals surface area contributed by atoms with Gasteiger partial charge >= 0.3 is 0 Å². The number of aromatic nitrogens is 1. The molecule has 1 aromatic heterocycles. The number of hydrogen-bond acceptors (Lipinski definition) is 4. The van der Waals surface area contributed by atoms with Gasteiger partial charge in [0.2, 0.25) is 0 Å². The number of rotatable bonds is 4. The summed E-state index contributed by atoms with van der Waals surface area (Å²) in [6.07, 6.45) is 1.70. The van der Waals surface area contributed by atoms with Gasteiger partial charge in [0, 0.05) is 43.8 Å². The first-order valence-electron chi connectivity index (χ1n) is 9.79. The number of benzene rings is 2. The Morgan fingerprint density at radius 2 is 1.90 bits per heavy atom. The molecule has 29 heavy (non-hydrogen) atoms. The van der Waals surface area contributed by atoms with Crippen LogP contribution in [0.2, 0.25) is 5.02 Å². The molecule has 1 aliphatic rings. The fourth-order valence-corrected chi connectivity index (χ4v) is 4.12. The molecule has 2 aromatic carbocycles. The zero-order chi connectivity index (χ0) is 20.4. The van der Waals surface area contributed by atoms with Crippen LogP contribution in [0, 0.1) is 0 Å². The minimum Gasteiger partial charge on any atom is -0.497 e. The highest BCUT2D eigenvalue weighted by atomic mass is 35.5. The van der Waals surface area contributed by atoms with Gasteiger partial charge in [-0.1, -0.05) is 23.7 Å². The first-order valence-corrected chi connectivity index (χ1v) is 10.2. The van der Waals surface area contributed by atoms with E-state index in [1.54, 1.807) is 25.4 Å². The topological polar surface area (TPSA) is 45.7 Å². The van der Waals surface area contributed by atoms with E-state index in [2.05, 4.69) is 28.9 Å². The van der Waals surface area contributed by atoms with Crippen LogP contribution in [0.3, 0.4) is 0 Å². The van der Waals surface area contributed by atoms with E-state index in [4.69, 9.17) is 16.3 Å². The van der Waals surface area contributed by atoms with Crippen LogP contribution >= 0.6 is 11.6 Å². The average Bonchev–Trinajstić information content (AvgIpc) is 2.79. The van der Waals surface area contributed by atoms with Crippen LogP contribution in [0.4, 0.5) is 0 Å². The van der Waals surface area contributed by atoms with Gasteiger partial charge in [0.1, 0.15) is 5.75 Å². The molecule has 2 heterocycles. The zero-order valence-electron chi connectivity index (χ0n) is 16.6. The van der Waals surface area contributed by atoms with Crippen LogP contribution in [0.5, 0.6) is 5.75 Å². The maximum Gasteiger partial charge on any atom is 0.256 e. The summed E-state index contributed by atoms with van der Waals surface area (Å²) in [4.78, 5) is 21.9. The smallest absolute Gasteiger partial charge is 0.256 e. The van der Waals surface area contributed by atoms with Crippen LogP contribution < -0.4 is 4.74 Å². The number of hydrogen-bond donors (Lipinski definition) is 0. The van der Waals surface area contributed by atoms with Crippen LogP contribution in [-0.4, -0.2) is 54.0 Å². The maximum absolute atomic E-state index is 13.2. The van der Waals surface area contributed by atoms with Crippen molar-refractivity contribution in [2.24, 2.45) is 0 Å². The first-order chi connectivity index (χ1) is 14.1. The predicted molar refractivity (Wildman–Crippen MR) is 116 cm³/mol. The molecule has 1 saturated heterocycles. The number of nitrogens with zero attached hydrogens (tertiary/aromatic N) is 3. The van der Waals surface area contributed by atoms with Crippen molar-refractivity contribution < 1.29 is 9.53 Å². The summed E-state index contributed by atoms with van der Waals surface area (Å²) in [7, 11) is 1.68. The highest BCUT2D eigenvalue weighted by Crippen LogP contribution is 2.28. The minimum absolute atomic E-state index is 0.0130. The van der Waals surface area contributed by atoms with Crippen molar-refractivity contribution in [2.75, 3.05) is 33.3 Å². The lowest BCUT2D eigenvalue weighted by molar-refractivity contribution is 0.0583. The van der Waals surface area contributed by atoms with Crippen molar-refractivity contribution in [1.82, 2.24) is 14.8 Å². The van der Waals surface area contributed by atoms with Gasteiger partial charge < -0.3 is 9.64 Å². The van der Waals surface area contributed by atoms with E-state index in [9.17, 15) is 4.79 Å². The minimum atomic E-state index is 0.0130. The summed E-state index contributed by atoms with van der Waals surface area (Å²) in [6.45, 7) is 5.21. The normalized spacial score (nSPS) is 16.0. The lowest BCUT2D eigenvalue weighted by atomic mass is 10.0. The number of halogens is 1. The third-order valence-electron chi connectivity index (χ3n) is 5.67. The van der Waals surface area contributed by atoms with E-state index in [1.165, 1.54) is 5.56 Å². The van der Waals surface area contributed by atoms with Crippen molar-refractivity contribution >= 4 is 28.4 Å². The first kappa shape index (κ1) is 19.7. The molecule has 1 aliphatic heterocycles. The van der Waals surface area contributed by atoms with E-state index >= 15 is 0 Å². The van der Waals surface area contributed by atoms with Gasteiger partial charge in [0.05, 0.1) is 23.2 Å². The van der Waals surface area contributed by atoms with Gasteiger partial charge in [0.15, 0.2) is 0 Å².